The van der Waals surface area contributed by atoms with E-state index in [0.717, 1.165) is 0 Å². The van der Waals surface area contributed by atoms with Gasteiger partial charge in [-0.15, -0.1) is 0 Å². The summed E-state index contributed by atoms with van der Waals surface area (Å²) >= 11 is 4.55. The van der Waals surface area contributed by atoms with E-state index < -0.39 is 8.32 Å². The molecule has 0 saturated carbocycles. The molecule has 0 aliphatic heterocycles. The Labute approximate surface area is 61.3 Å². The van der Waals surface area contributed by atoms with E-state index in [9.17, 15) is 4.79 Å². The Morgan fingerprint density at radius 3 is 2.11 bits per heavy atom. The molecule has 0 spiro atoms. The number of rotatable bonds is 2. The highest BCUT2D eigenvalue weighted by atomic mass is 32.1. The van der Waals surface area contributed by atoms with Crippen LogP contribution >= 0.6 is 12.2 Å². The van der Waals surface area contributed by atoms with Crippen LogP contribution in [0.2, 0.25) is 19.6 Å². The van der Waals surface area contributed by atoms with Crippen molar-refractivity contribution < 1.29 is 9.22 Å². The summed E-state index contributed by atoms with van der Waals surface area (Å²) in [6.45, 7) is 5.93. The lowest BCUT2D eigenvalue weighted by Gasteiger charge is -2.15. The quantitative estimate of drug-likeness (QED) is 0.348. The van der Waals surface area contributed by atoms with E-state index >= 15 is 0 Å². The lowest BCUT2D eigenvalue weighted by atomic mass is 10.9. The second-order valence-electron chi connectivity index (χ2n) is 2.65. The zero-order valence-electron chi connectivity index (χ0n) is 5.80. The molecule has 0 saturated heterocycles. The molecule has 0 heterocycles. The normalized spacial score (nSPS) is 10.6. The molecule has 0 unspecified atom stereocenters. The minimum absolute atomic E-state index is 0.0779. The first-order chi connectivity index (χ1) is 3.95. The van der Waals surface area contributed by atoms with Crippen molar-refractivity contribution in [2.75, 3.05) is 0 Å². The number of hydrogen-bond donors (Lipinski definition) is 0. The molecule has 0 aromatic rings. The van der Waals surface area contributed by atoms with Crippen molar-refractivity contribution in [1.29, 1.82) is 0 Å². The van der Waals surface area contributed by atoms with E-state index in [1.54, 1.807) is 0 Å². The largest absolute Gasteiger partial charge is 0.535 e. The molecule has 2 nitrogen and oxygen atoms in total. The van der Waals surface area contributed by atoms with Gasteiger partial charge in [0.25, 0.3) is 0 Å². The first-order valence-corrected chi connectivity index (χ1v) is 6.45. The SMILES string of the molecule is C[Si](C)(C)OC(=S)C=O. The van der Waals surface area contributed by atoms with Crippen LogP contribution in [0.1, 0.15) is 0 Å². The molecule has 0 aromatic heterocycles. The summed E-state index contributed by atoms with van der Waals surface area (Å²) < 4.78 is 5.09. The second kappa shape index (κ2) is 3.08. The van der Waals surface area contributed by atoms with Gasteiger partial charge in [-0.25, -0.2) is 0 Å². The van der Waals surface area contributed by atoms with Gasteiger partial charge in [0.15, 0.2) is 6.29 Å². The molecule has 52 valence electrons. The molecule has 0 amide bonds. The van der Waals surface area contributed by atoms with Gasteiger partial charge in [-0.05, 0) is 31.9 Å². The summed E-state index contributed by atoms with van der Waals surface area (Å²) in [6, 6.07) is 0. The fourth-order valence-corrected chi connectivity index (χ4v) is 1.73. The minimum atomic E-state index is -1.61. The van der Waals surface area contributed by atoms with Gasteiger partial charge in [-0.1, -0.05) is 0 Å². The summed E-state index contributed by atoms with van der Waals surface area (Å²) in [7, 11) is -1.61. The minimum Gasteiger partial charge on any atom is -0.535 e. The van der Waals surface area contributed by atoms with Crippen molar-refractivity contribution in [2.45, 2.75) is 19.6 Å². The average Bonchev–Trinajstić information content (AvgIpc) is 1.62. The number of carbonyl (C=O) groups excluding carboxylic acids is 1. The van der Waals surface area contributed by atoms with E-state index in [-0.39, 0.29) is 5.05 Å². The molecule has 0 atom stereocenters. The number of carbonyl (C=O) groups is 1. The Morgan fingerprint density at radius 1 is 1.56 bits per heavy atom. The molecule has 0 rings (SSSR count). The highest BCUT2D eigenvalue weighted by molar-refractivity contribution is 7.81. The first-order valence-electron chi connectivity index (χ1n) is 2.64. The van der Waals surface area contributed by atoms with Gasteiger partial charge in [-0.2, -0.15) is 0 Å². The molecule has 4 heteroatoms. The monoisotopic (exact) mass is 162 g/mol. The lowest BCUT2D eigenvalue weighted by molar-refractivity contribution is -0.103. The molecule has 0 fully saturated rings. The third-order valence-electron chi connectivity index (χ3n) is 0.503. The van der Waals surface area contributed by atoms with Crippen molar-refractivity contribution in [3.8, 4) is 0 Å². The first kappa shape index (κ1) is 8.78. The Hall–Kier alpha value is -0.223. The molecular weight excluding hydrogens is 152 g/mol. The van der Waals surface area contributed by atoms with Crippen LogP contribution in [0.5, 0.6) is 0 Å². The third-order valence-corrected chi connectivity index (χ3v) is 1.66. The van der Waals surface area contributed by atoms with E-state index in [1.165, 1.54) is 0 Å². The zero-order chi connectivity index (χ0) is 7.49. The topological polar surface area (TPSA) is 26.3 Å². The van der Waals surface area contributed by atoms with Crippen molar-refractivity contribution in [2.24, 2.45) is 0 Å². The van der Waals surface area contributed by atoms with Gasteiger partial charge in [0.1, 0.15) is 0 Å². The summed E-state index contributed by atoms with van der Waals surface area (Å²) in [5, 5.41) is 0.0779. The van der Waals surface area contributed by atoms with Crippen LogP contribution < -0.4 is 0 Å². The Balaban J connectivity index is 3.74. The van der Waals surface area contributed by atoms with Gasteiger partial charge < -0.3 is 4.43 Å². The molecule has 0 radical (unpaired) electrons. The van der Waals surface area contributed by atoms with Gasteiger partial charge in [0.05, 0.1) is 0 Å². The van der Waals surface area contributed by atoms with Crippen LogP contribution in [0.25, 0.3) is 0 Å². The Morgan fingerprint density at radius 2 is 2.00 bits per heavy atom. The number of thiocarbonyl (C=S) groups is 1. The third kappa shape index (κ3) is 5.65. The number of hydrogen-bond acceptors (Lipinski definition) is 3. The maximum atomic E-state index is 9.94. The Bertz CT molecular complexity index is 127. The van der Waals surface area contributed by atoms with Crippen molar-refractivity contribution in [3.05, 3.63) is 0 Å². The summed E-state index contributed by atoms with van der Waals surface area (Å²) in [5.41, 5.74) is 0. The molecule has 0 aromatic carbocycles. The molecule has 9 heavy (non-hydrogen) atoms. The smallest absolute Gasteiger partial charge is 0.243 e. The van der Waals surface area contributed by atoms with Crippen molar-refractivity contribution in [1.82, 2.24) is 0 Å². The predicted octanol–water partition coefficient (Wildman–Crippen LogP) is 1.36. The molecule has 0 bridgehead atoms. The van der Waals surface area contributed by atoms with E-state index in [4.69, 9.17) is 4.43 Å². The molecule has 0 aliphatic rings. The summed E-state index contributed by atoms with van der Waals surface area (Å²) in [5.74, 6) is 0. The van der Waals surface area contributed by atoms with Crippen LogP contribution in [0.3, 0.4) is 0 Å². The highest BCUT2D eigenvalue weighted by Crippen LogP contribution is 2.02. The molecule has 0 aliphatic carbocycles. The zero-order valence-corrected chi connectivity index (χ0v) is 7.62. The highest BCUT2D eigenvalue weighted by Gasteiger charge is 2.16. The Kier molecular flexibility index (Phi) is 3.00. The van der Waals surface area contributed by atoms with E-state index in [1.807, 2.05) is 19.6 Å². The fraction of sp³-hybridized carbons (Fsp3) is 0.600. The van der Waals surface area contributed by atoms with Crippen LogP contribution in [0.4, 0.5) is 0 Å². The predicted molar refractivity (Wildman–Crippen MR) is 43.1 cm³/mol. The van der Waals surface area contributed by atoms with E-state index in [0.29, 0.717) is 6.29 Å². The molecule has 0 N–H and O–H groups in total. The average molecular weight is 162 g/mol. The van der Waals surface area contributed by atoms with Crippen LogP contribution in [0.15, 0.2) is 0 Å². The lowest BCUT2D eigenvalue weighted by Crippen LogP contribution is -2.28. The second-order valence-corrected chi connectivity index (χ2v) is 7.48. The maximum absolute atomic E-state index is 9.94. The van der Waals surface area contributed by atoms with Gasteiger partial charge in [0.2, 0.25) is 13.4 Å². The standard InChI is InChI=1S/C5H10O2SSi/c1-9(2,3)7-5(8)4-6/h4H,1-3H3. The molecular formula is C5H10O2SSi. The summed E-state index contributed by atoms with van der Waals surface area (Å²) in [4.78, 5) is 9.94. The maximum Gasteiger partial charge on any atom is 0.243 e. The van der Waals surface area contributed by atoms with Crippen LogP contribution in [0, 0.1) is 0 Å². The van der Waals surface area contributed by atoms with E-state index in [2.05, 4.69) is 12.2 Å². The summed E-state index contributed by atoms with van der Waals surface area (Å²) in [6.07, 6.45) is 0.563. The van der Waals surface area contributed by atoms with Gasteiger partial charge in [0, 0.05) is 0 Å². The van der Waals surface area contributed by atoms with Crippen molar-refractivity contribution in [3.63, 3.8) is 0 Å². The van der Waals surface area contributed by atoms with Gasteiger partial charge in [-0.3, -0.25) is 4.79 Å². The van der Waals surface area contributed by atoms with Crippen molar-refractivity contribution >= 4 is 31.9 Å². The van der Waals surface area contributed by atoms with Gasteiger partial charge >= 0.3 is 0 Å². The number of aldehydes is 1. The van der Waals surface area contributed by atoms with Crippen LogP contribution in [-0.4, -0.2) is 19.7 Å². The van der Waals surface area contributed by atoms with Crippen LogP contribution in [-0.2, 0) is 9.22 Å². The fourth-order valence-electron chi connectivity index (χ4n) is 0.326.